The van der Waals surface area contributed by atoms with Crippen molar-refractivity contribution in [2.24, 2.45) is 73.0 Å². The maximum atomic E-state index is 14.0. The van der Waals surface area contributed by atoms with Gasteiger partial charge in [-0.3, -0.25) is 47.9 Å². The van der Waals surface area contributed by atoms with E-state index < -0.39 is 66.7 Å². The lowest BCUT2D eigenvalue weighted by atomic mass is 9.91. The molecule has 0 spiro atoms. The largest absolute Gasteiger partial charge is 0.481 e. The molecule has 7 amide bonds. The number of likely N-dealkylation sites (N-methyl/N-ethyl adjacent to an activating group) is 4. The third-order valence-electron chi connectivity index (χ3n) is 27.0. The molecule has 1 aromatic heterocycles. The highest BCUT2D eigenvalue weighted by Crippen LogP contribution is 2.42. The van der Waals surface area contributed by atoms with Gasteiger partial charge in [0, 0.05) is 91.0 Å². The Morgan fingerprint density at radius 2 is 0.714 bits per heavy atom. The van der Waals surface area contributed by atoms with Crippen LogP contribution in [0.5, 0.6) is 0 Å². The second kappa shape index (κ2) is 51.9. The van der Waals surface area contributed by atoms with Crippen LogP contribution in [0.2, 0.25) is 0 Å². The van der Waals surface area contributed by atoms with Crippen molar-refractivity contribution < 1.29 is 58.4 Å². The van der Waals surface area contributed by atoms with Gasteiger partial charge in [-0.1, -0.05) is 338 Å². The highest BCUT2D eigenvalue weighted by Gasteiger charge is 2.43. The number of rotatable bonds is 36. The summed E-state index contributed by atoms with van der Waals surface area (Å²) in [6, 6.07) is 69.9. The van der Waals surface area contributed by atoms with Crippen molar-refractivity contribution in [3.05, 3.63) is 282 Å². The average Bonchev–Trinajstić information content (AvgIpc) is 1.63. The summed E-state index contributed by atoms with van der Waals surface area (Å²) in [6.07, 6.45) is 22.9. The van der Waals surface area contributed by atoms with E-state index in [2.05, 4.69) is 46.7 Å². The molecule has 9 aromatic rings. The molecule has 140 heavy (non-hydrogen) atoms. The minimum Gasteiger partial charge on any atom is -0.481 e. The number of aliphatic imine (C=N–C) groups is 4. The lowest BCUT2D eigenvalue weighted by molar-refractivity contribution is -0.146. The number of unbranched alkanes of at least 4 members (excludes halogenated alkanes) is 5. The van der Waals surface area contributed by atoms with E-state index in [-0.39, 0.29) is 59.9 Å². The number of hydrogen-bond donors (Lipinski definition) is 7. The van der Waals surface area contributed by atoms with Crippen molar-refractivity contribution in [2.45, 2.75) is 239 Å². The van der Waals surface area contributed by atoms with Gasteiger partial charge in [0.05, 0.1) is 75.6 Å². The van der Waals surface area contributed by atoms with Crippen molar-refractivity contribution >= 4 is 110 Å². The lowest BCUT2D eigenvalue weighted by Gasteiger charge is -2.29. The summed E-state index contributed by atoms with van der Waals surface area (Å²) in [5.74, 6) is -1.82. The number of aliphatic carboxylic acids is 1. The minimum absolute atomic E-state index is 0. The molecule has 8 aliphatic rings. The van der Waals surface area contributed by atoms with E-state index in [0.29, 0.717) is 73.6 Å². The number of aromatic nitrogens is 2. The first-order valence-electron chi connectivity index (χ1n) is 49.8. The van der Waals surface area contributed by atoms with Crippen molar-refractivity contribution in [1.29, 1.82) is 0 Å². The summed E-state index contributed by atoms with van der Waals surface area (Å²) in [5.41, 5.74) is 19.0. The fraction of sp³-hybridized carbons (Fsp3) is 0.434. The van der Waals surface area contributed by atoms with Gasteiger partial charge < -0.3 is 61.3 Å². The Kier molecular flexibility index (Phi) is 39.3. The zero-order valence-corrected chi connectivity index (χ0v) is 82.1. The summed E-state index contributed by atoms with van der Waals surface area (Å²) in [6.45, 7) is 8.40. The second-order valence-corrected chi connectivity index (χ2v) is 38.1. The predicted molar refractivity (Wildman–Crippen MR) is 559 cm³/mol. The maximum absolute atomic E-state index is 14.0. The topological polar surface area (TPSA) is 349 Å². The Balaban J connectivity index is 0.000000162. The number of nitrogens with zero attached hydrogens (tertiary/aromatic N) is 10. The monoisotopic (exact) mass is 1920 g/mol. The Bertz CT molecular complexity index is 5770. The zero-order chi connectivity index (χ0) is 98.6. The zero-order valence-electron chi connectivity index (χ0n) is 81.3. The first-order valence-corrected chi connectivity index (χ1v) is 50.2. The van der Waals surface area contributed by atoms with Crippen LogP contribution in [-0.2, 0) is 43.1 Å². The predicted octanol–water partition coefficient (Wildman–Crippen LogP) is 18.3. The van der Waals surface area contributed by atoms with Gasteiger partial charge in [0.2, 0.25) is 36.2 Å². The van der Waals surface area contributed by atoms with Gasteiger partial charge in [0.25, 0.3) is 28.8 Å². The van der Waals surface area contributed by atoms with Crippen LogP contribution >= 0.6 is 12.2 Å². The van der Waals surface area contributed by atoms with Gasteiger partial charge in [0.15, 0.2) is 6.17 Å². The van der Waals surface area contributed by atoms with Crippen LogP contribution in [0.4, 0.5) is 22.7 Å². The number of benzene rings is 8. The number of hydrogen-bond acceptors (Lipinski definition) is 18. The second-order valence-electron chi connectivity index (χ2n) is 37.7. The van der Waals surface area contributed by atoms with Crippen molar-refractivity contribution in [3.63, 3.8) is 0 Å². The van der Waals surface area contributed by atoms with Crippen molar-refractivity contribution in [1.82, 2.24) is 25.5 Å². The van der Waals surface area contributed by atoms with Crippen LogP contribution < -0.4 is 41.3 Å². The number of fused-ring (bicyclic) bond motifs is 4. The van der Waals surface area contributed by atoms with Gasteiger partial charge >= 0.3 is 5.97 Å². The number of aliphatic hydroxyl groups excluding tert-OH is 2. The Morgan fingerprint density at radius 3 is 1.07 bits per heavy atom. The fourth-order valence-electron chi connectivity index (χ4n) is 18.2. The van der Waals surface area contributed by atoms with Crippen LogP contribution in [0.1, 0.15) is 240 Å². The van der Waals surface area contributed by atoms with E-state index in [1.165, 1.54) is 12.8 Å². The number of carbonyl (C=O) groups excluding carboxylic acids is 7. The molecule has 17 rings (SSSR count). The first-order chi connectivity index (χ1) is 67.4. The molecule has 4 aliphatic heterocycles. The van der Waals surface area contributed by atoms with E-state index in [1.54, 1.807) is 71.1 Å². The van der Waals surface area contributed by atoms with Crippen LogP contribution in [-0.4, -0.2) is 171 Å². The maximum Gasteiger partial charge on any atom is 0.309 e. The SMILES string of the molecule is C.CCCCC[C@@H](CC1CC1)C(=O)N[C@H]1N=C(c2ccccc2)c2ccccc2N(C)C1=O.CCCC[C@@H](O)[C@@H](CC1CC1)C(=O)N[C@H]1N=C(c2ccccc2)c2ccccc2N(C)C1=O.CCCC[C@H](O)[C@@H](CC1CC1)C(=O)O.CCCC[C@H](OC(=S)n1ccnc1)[C@@H](CC1CC1)C(=O)N[C@H]1N=C(c2ccccc2)c2ccccc2N(C)C1=O.CN1C(=O)[C@@H](N)N=C(c2ccccc2)c2ccccc21. The average molecular weight is 1920 g/mol. The number of benzodiazepines with no additional fused rings is 4. The minimum atomic E-state index is -1.07. The van der Waals surface area contributed by atoms with Crippen molar-refractivity contribution in [2.75, 3.05) is 47.8 Å². The number of para-hydroxylation sites is 4. The standard InChI is InChI=1S/C31H35N5O3S.C27H33N3O3.C27H33N3O2.C16H15N3O.C11H20O3.CH4/c1-3-4-14-26(39-31(40)36-18-17-32-20-36)24(19-21-15-16-21)29(37)34-28-30(38)35(2)25-13-9-8-12-23(25)27(33-28)22-10-6-5-7-11-22;1-3-4-14-23(31)21(17-18-15-16-18)26(32)29-25-27(33)30(2)22-13-9-8-12-20(22)24(28-25)19-10-6-5-7-11-19;1-3-4-6-13-21(18-19-16-17-19)26(31)29-25-27(32)30(2)23-15-10-9-14-22(23)24(28-25)20-11-7-5-8-12-20;1-19-13-10-6-5-9-12(13)14(18-15(17)16(19)20)11-7-3-2-4-8-11;1-2-3-4-10(12)9(11(13)14)7-8-5-6-8;/h5-13,17-18,20-21,24,26,28H,3-4,14-16,19H2,1-2H3,(H,34,37);5-13,18,21,23,25,31H,3-4,14-17H2,1-2H3,(H,29,32);5,7-12,14-15,19,21,25H,3-4,6,13,16-18H2,1-2H3,(H,29,31);2-10,15H,17H2,1H3;8-10,12H,2-7H2,1H3,(H,13,14);1H4/t24-,26+,28-;21-,23-,25-;21-,25+;15-;9-,10+;/m11001./s1. The number of carboxylic acids is 1. The highest BCUT2D eigenvalue weighted by molar-refractivity contribution is 7.80. The molecule has 4 saturated carbocycles. The molecule has 4 aliphatic carbocycles. The van der Waals surface area contributed by atoms with E-state index in [4.69, 9.17) is 42.8 Å². The van der Waals surface area contributed by atoms with Crippen LogP contribution in [0, 0.1) is 47.3 Å². The van der Waals surface area contributed by atoms with Gasteiger partial charge in [-0.25, -0.2) is 20.0 Å². The number of thiocarbonyl (C=S) groups is 1. The number of anilines is 4. The smallest absolute Gasteiger partial charge is 0.309 e. The summed E-state index contributed by atoms with van der Waals surface area (Å²) in [4.78, 5) is 133. The van der Waals surface area contributed by atoms with Crippen LogP contribution in [0.25, 0.3) is 0 Å². The number of carbonyl (C=O) groups is 8. The Morgan fingerprint density at radius 1 is 0.400 bits per heavy atom. The third-order valence-corrected chi connectivity index (χ3v) is 27.3. The summed E-state index contributed by atoms with van der Waals surface area (Å²) in [5, 5.41) is 38.6. The molecular formula is C113H140N14O12S. The Labute approximate surface area is 830 Å². The number of nitrogens with one attached hydrogen (secondary N) is 3. The first kappa shape index (κ1) is 106. The van der Waals surface area contributed by atoms with E-state index >= 15 is 0 Å². The van der Waals surface area contributed by atoms with Crippen molar-refractivity contribution in [3.8, 4) is 0 Å². The molecule has 8 aromatic carbocycles. The molecular weight excluding hydrogens is 1780 g/mol. The quantitative estimate of drug-likeness (QED) is 0.0142. The van der Waals surface area contributed by atoms with E-state index in [9.17, 15) is 48.6 Å². The number of nitrogens with two attached hydrogens (primary N) is 1. The highest BCUT2D eigenvalue weighted by atomic mass is 32.1. The Hall–Kier alpha value is -12.8. The number of amides is 7. The molecule has 8 N–H and O–H groups in total. The molecule has 27 heteroatoms. The molecule has 0 radical (unpaired) electrons. The summed E-state index contributed by atoms with van der Waals surface area (Å²) in [7, 11) is 6.92. The molecule has 5 heterocycles. The molecule has 4 fully saturated rings. The summed E-state index contributed by atoms with van der Waals surface area (Å²) < 4.78 is 7.91. The molecule has 740 valence electrons. The van der Waals surface area contributed by atoms with Gasteiger partial charge in [-0.05, 0) is 112 Å². The molecule has 0 saturated heterocycles. The summed E-state index contributed by atoms with van der Waals surface area (Å²) >= 11 is 5.55. The number of carboxylic acid groups (broad SMARTS) is 1. The number of ether oxygens (including phenoxy) is 1. The molecule has 0 unspecified atom stereocenters. The van der Waals surface area contributed by atoms with Crippen LogP contribution in [0.15, 0.2) is 257 Å². The normalized spacial score (nSPS) is 18.9. The van der Waals surface area contributed by atoms with Gasteiger partial charge in [0.1, 0.15) is 12.4 Å². The molecule has 26 nitrogen and oxygen atoms in total. The fourth-order valence-corrected chi connectivity index (χ4v) is 18.4. The molecule has 11 atom stereocenters. The lowest BCUT2D eigenvalue weighted by Crippen LogP contribution is -2.50. The van der Waals surface area contributed by atoms with Gasteiger partial charge in [-0.2, -0.15) is 0 Å². The number of imidazole rings is 1. The van der Waals surface area contributed by atoms with E-state index in [1.807, 2.05) is 225 Å². The van der Waals surface area contributed by atoms with E-state index in [0.717, 1.165) is 188 Å². The number of aliphatic hydroxyl groups is 2. The van der Waals surface area contributed by atoms with Gasteiger partial charge in [-0.15, -0.1) is 0 Å². The van der Waals surface area contributed by atoms with Crippen LogP contribution in [0.3, 0.4) is 0 Å². The third kappa shape index (κ3) is 28.7. The molecule has 0 bridgehead atoms.